The van der Waals surface area contributed by atoms with Crippen molar-refractivity contribution in [1.29, 1.82) is 0 Å². The van der Waals surface area contributed by atoms with E-state index in [1.54, 1.807) is 31.4 Å². The zero-order valence-corrected chi connectivity index (χ0v) is 15.5. The van der Waals surface area contributed by atoms with Crippen molar-refractivity contribution in [2.75, 3.05) is 7.11 Å². The van der Waals surface area contributed by atoms with Crippen LogP contribution in [0.3, 0.4) is 0 Å². The SMILES string of the molecule is COc1ccc(C2OC(C(Cl)(Cl)Cl)OC(C(Cl)(Cl)Cl)O2)cc1. The highest BCUT2D eigenvalue weighted by Gasteiger charge is 2.49. The molecular weight excluding hydrogens is 421 g/mol. The van der Waals surface area contributed by atoms with Gasteiger partial charge in [-0.3, -0.25) is 0 Å². The number of hydrogen-bond acceptors (Lipinski definition) is 4. The van der Waals surface area contributed by atoms with E-state index in [9.17, 15) is 0 Å². The molecule has 0 radical (unpaired) electrons. The van der Waals surface area contributed by atoms with E-state index >= 15 is 0 Å². The maximum Gasteiger partial charge on any atom is 0.241 e. The largest absolute Gasteiger partial charge is 0.497 e. The predicted octanol–water partition coefficient (Wildman–Crippen LogP) is 5.15. The Balaban J connectivity index is 2.25. The van der Waals surface area contributed by atoms with Gasteiger partial charge in [0, 0.05) is 5.56 Å². The minimum absolute atomic E-state index is 0.614. The first-order valence-electron chi connectivity index (χ1n) is 5.85. The van der Waals surface area contributed by atoms with Crippen LogP contribution in [0.5, 0.6) is 5.75 Å². The molecule has 0 aliphatic carbocycles. The van der Waals surface area contributed by atoms with Crippen molar-refractivity contribution >= 4 is 69.6 Å². The summed E-state index contributed by atoms with van der Waals surface area (Å²) in [5.74, 6) is 0.659. The molecule has 2 rings (SSSR count). The van der Waals surface area contributed by atoms with Crippen molar-refractivity contribution in [2.45, 2.75) is 26.5 Å². The summed E-state index contributed by atoms with van der Waals surface area (Å²) in [6, 6.07) is 6.85. The van der Waals surface area contributed by atoms with Crippen LogP contribution in [0.1, 0.15) is 11.9 Å². The van der Waals surface area contributed by atoms with Crippen LogP contribution in [-0.4, -0.2) is 27.3 Å². The summed E-state index contributed by atoms with van der Waals surface area (Å²) in [5.41, 5.74) is 0.614. The molecule has 1 fully saturated rings. The van der Waals surface area contributed by atoms with Crippen molar-refractivity contribution in [3.8, 4) is 5.75 Å². The van der Waals surface area contributed by atoms with Crippen molar-refractivity contribution < 1.29 is 18.9 Å². The van der Waals surface area contributed by atoms with Gasteiger partial charge in [-0.2, -0.15) is 0 Å². The second-order valence-corrected chi connectivity index (χ2v) is 9.00. The third kappa shape index (κ3) is 4.82. The van der Waals surface area contributed by atoms with E-state index in [1.165, 1.54) is 0 Å². The van der Waals surface area contributed by atoms with E-state index in [-0.39, 0.29) is 0 Å². The Bertz CT molecular complexity index is 476. The molecule has 0 N–H and O–H groups in total. The molecule has 1 aromatic rings. The average molecular weight is 431 g/mol. The number of ether oxygens (including phenoxy) is 4. The van der Waals surface area contributed by atoms with Crippen LogP contribution in [0.25, 0.3) is 0 Å². The lowest BCUT2D eigenvalue weighted by atomic mass is 10.2. The first kappa shape index (κ1) is 19.0. The van der Waals surface area contributed by atoms with Gasteiger partial charge in [0.2, 0.25) is 20.2 Å². The molecule has 22 heavy (non-hydrogen) atoms. The first-order chi connectivity index (χ1) is 10.1. The molecule has 0 spiro atoms. The number of halogens is 6. The Kier molecular flexibility index (Phi) is 6.26. The summed E-state index contributed by atoms with van der Waals surface area (Å²) < 4.78 is 17.5. The van der Waals surface area contributed by atoms with E-state index in [0.717, 1.165) is 0 Å². The second kappa shape index (κ2) is 7.26. The summed E-state index contributed by atoms with van der Waals surface area (Å²) in [5, 5.41) is 0. The highest BCUT2D eigenvalue weighted by Crippen LogP contribution is 2.45. The molecule has 0 saturated carbocycles. The van der Waals surface area contributed by atoms with Crippen LogP contribution in [0.2, 0.25) is 0 Å². The highest BCUT2D eigenvalue weighted by atomic mass is 35.6. The zero-order valence-electron chi connectivity index (χ0n) is 10.9. The summed E-state index contributed by atoms with van der Waals surface area (Å²) in [6.45, 7) is 0. The van der Waals surface area contributed by atoms with Crippen molar-refractivity contribution in [3.63, 3.8) is 0 Å². The van der Waals surface area contributed by atoms with Gasteiger partial charge in [-0.05, 0) is 12.1 Å². The smallest absolute Gasteiger partial charge is 0.241 e. The lowest BCUT2D eigenvalue weighted by Crippen LogP contribution is -2.48. The van der Waals surface area contributed by atoms with Crippen molar-refractivity contribution in [2.24, 2.45) is 0 Å². The zero-order chi connectivity index (χ0) is 16.5. The third-order valence-corrected chi connectivity index (χ3v) is 3.73. The fraction of sp³-hybridized carbons (Fsp3) is 0.500. The number of alkyl halides is 6. The lowest BCUT2D eigenvalue weighted by molar-refractivity contribution is -0.385. The normalized spacial score (nSPS) is 26.8. The van der Waals surface area contributed by atoms with Crippen molar-refractivity contribution in [1.82, 2.24) is 0 Å². The molecule has 1 aliphatic rings. The summed E-state index contributed by atoms with van der Waals surface area (Å²) in [4.78, 5) is 0. The minimum atomic E-state index is -1.89. The summed E-state index contributed by atoms with van der Waals surface area (Å²) in [7, 11) is 1.55. The van der Waals surface area contributed by atoms with E-state index in [1.807, 2.05) is 0 Å². The van der Waals surface area contributed by atoms with Crippen LogP contribution < -0.4 is 4.74 Å². The van der Waals surface area contributed by atoms with E-state index in [4.69, 9.17) is 88.6 Å². The van der Waals surface area contributed by atoms with Gasteiger partial charge in [0.05, 0.1) is 7.11 Å². The number of rotatable bonds is 2. The Morgan fingerprint density at radius 3 is 1.64 bits per heavy atom. The number of methoxy groups -OCH3 is 1. The molecule has 124 valence electrons. The monoisotopic (exact) mass is 428 g/mol. The predicted molar refractivity (Wildman–Crippen MR) is 87.1 cm³/mol. The molecule has 10 heteroatoms. The van der Waals surface area contributed by atoms with E-state index < -0.39 is 26.5 Å². The van der Waals surface area contributed by atoms with Gasteiger partial charge in [-0.1, -0.05) is 81.7 Å². The molecule has 1 aliphatic heterocycles. The molecule has 1 saturated heterocycles. The van der Waals surface area contributed by atoms with Gasteiger partial charge < -0.3 is 18.9 Å². The number of benzene rings is 1. The third-order valence-electron chi connectivity index (χ3n) is 2.66. The van der Waals surface area contributed by atoms with Crippen LogP contribution in [0.15, 0.2) is 24.3 Å². The number of hydrogen-bond donors (Lipinski definition) is 0. The first-order valence-corrected chi connectivity index (χ1v) is 8.12. The maximum absolute atomic E-state index is 5.80. The molecule has 4 nitrogen and oxygen atoms in total. The molecule has 1 aromatic carbocycles. The Morgan fingerprint density at radius 2 is 1.27 bits per heavy atom. The molecule has 0 aromatic heterocycles. The lowest BCUT2D eigenvalue weighted by Gasteiger charge is -2.40. The van der Waals surface area contributed by atoms with Gasteiger partial charge >= 0.3 is 0 Å². The molecule has 2 unspecified atom stereocenters. The summed E-state index contributed by atoms with van der Waals surface area (Å²) >= 11 is 34.8. The Labute approximate surface area is 157 Å². The molecule has 1 heterocycles. The molecule has 0 amide bonds. The second-order valence-electron chi connectivity index (χ2n) is 4.26. The molecule has 0 bridgehead atoms. The standard InChI is InChI=1S/C12H10Cl6O4/c1-19-7-4-2-6(3-5-7)8-20-9(11(13,14)15)22-10(21-8)12(16,17)18/h2-5,8-10H,1H3. The topological polar surface area (TPSA) is 36.9 Å². The van der Waals surface area contributed by atoms with Gasteiger partial charge in [0.15, 0.2) is 6.29 Å². The fourth-order valence-corrected chi connectivity index (χ4v) is 2.28. The Morgan fingerprint density at radius 1 is 0.818 bits per heavy atom. The van der Waals surface area contributed by atoms with Crippen LogP contribution in [0, 0.1) is 0 Å². The molecular formula is C12H10Cl6O4. The molecule has 2 atom stereocenters. The van der Waals surface area contributed by atoms with Gasteiger partial charge in [-0.15, -0.1) is 0 Å². The highest BCUT2D eigenvalue weighted by molar-refractivity contribution is 6.68. The average Bonchev–Trinajstić information content (AvgIpc) is 2.45. The minimum Gasteiger partial charge on any atom is -0.497 e. The van der Waals surface area contributed by atoms with Gasteiger partial charge in [0.1, 0.15) is 5.75 Å². The van der Waals surface area contributed by atoms with E-state index in [2.05, 4.69) is 0 Å². The quantitative estimate of drug-likeness (QED) is 0.608. The van der Waals surface area contributed by atoms with Crippen LogP contribution in [0.4, 0.5) is 0 Å². The van der Waals surface area contributed by atoms with Crippen LogP contribution in [-0.2, 0) is 14.2 Å². The van der Waals surface area contributed by atoms with Crippen molar-refractivity contribution in [3.05, 3.63) is 29.8 Å². The summed E-state index contributed by atoms with van der Waals surface area (Å²) in [6.07, 6.45) is -3.50. The van der Waals surface area contributed by atoms with Gasteiger partial charge in [-0.25, -0.2) is 0 Å². The Hall–Kier alpha value is 0.640. The fourth-order valence-electron chi connectivity index (χ4n) is 1.66. The maximum atomic E-state index is 5.80. The van der Waals surface area contributed by atoms with E-state index in [0.29, 0.717) is 11.3 Å². The van der Waals surface area contributed by atoms with Crippen LogP contribution >= 0.6 is 69.6 Å². The van der Waals surface area contributed by atoms with Gasteiger partial charge in [0.25, 0.3) is 0 Å².